The molecule has 142 valence electrons. The lowest BCUT2D eigenvalue weighted by Gasteiger charge is -2.31. The van der Waals surface area contributed by atoms with Gasteiger partial charge in [0, 0.05) is 13.1 Å². The van der Waals surface area contributed by atoms with Gasteiger partial charge in [0.15, 0.2) is 5.96 Å². The summed E-state index contributed by atoms with van der Waals surface area (Å²) in [5.41, 5.74) is 1.29. The smallest absolute Gasteiger partial charge is 0.191 e. The number of halogens is 1. The first kappa shape index (κ1) is 22.2. The molecule has 0 saturated carbocycles. The molecule has 1 aromatic rings. The molecule has 0 spiro atoms. The number of aliphatic imine (C=N–C) groups is 1. The van der Waals surface area contributed by atoms with E-state index in [0.29, 0.717) is 0 Å². The number of nitrogens with one attached hydrogen (secondary N) is 2. The third-order valence-corrected chi connectivity index (χ3v) is 4.75. The van der Waals surface area contributed by atoms with Crippen LogP contribution in [-0.4, -0.2) is 43.6 Å². The highest BCUT2D eigenvalue weighted by Crippen LogP contribution is 2.17. The van der Waals surface area contributed by atoms with Crippen molar-refractivity contribution >= 4 is 29.9 Å². The van der Waals surface area contributed by atoms with Gasteiger partial charge < -0.3 is 15.5 Å². The molecule has 0 bridgehead atoms. The molecule has 1 aliphatic rings. The zero-order valence-electron chi connectivity index (χ0n) is 16.0. The van der Waals surface area contributed by atoms with E-state index >= 15 is 0 Å². The maximum absolute atomic E-state index is 4.85. The molecule has 0 amide bonds. The molecule has 0 aliphatic carbocycles. The van der Waals surface area contributed by atoms with Crippen LogP contribution in [0.5, 0.6) is 0 Å². The van der Waals surface area contributed by atoms with E-state index in [9.17, 15) is 0 Å². The van der Waals surface area contributed by atoms with Gasteiger partial charge in [0.1, 0.15) is 0 Å². The average Bonchev–Trinajstić information content (AvgIpc) is 2.62. The summed E-state index contributed by atoms with van der Waals surface area (Å²) in [7, 11) is 0. The van der Waals surface area contributed by atoms with Crippen LogP contribution in [0.3, 0.4) is 0 Å². The lowest BCUT2D eigenvalue weighted by Crippen LogP contribution is -2.40. The van der Waals surface area contributed by atoms with Gasteiger partial charge in [0.25, 0.3) is 0 Å². The molecule has 0 aromatic heterocycles. The quantitative estimate of drug-likeness (QED) is 0.368. The summed E-state index contributed by atoms with van der Waals surface area (Å²) in [5.74, 6) is 1.66. The lowest BCUT2D eigenvalue weighted by molar-refractivity contribution is 0.188. The van der Waals surface area contributed by atoms with Crippen LogP contribution in [0, 0.1) is 5.92 Å². The highest BCUT2D eigenvalue weighted by atomic mass is 127. The number of hydrogen-bond donors (Lipinski definition) is 2. The van der Waals surface area contributed by atoms with Gasteiger partial charge in [0.05, 0.1) is 6.04 Å². The van der Waals surface area contributed by atoms with Gasteiger partial charge in [0.2, 0.25) is 0 Å². The van der Waals surface area contributed by atoms with Crippen LogP contribution < -0.4 is 10.6 Å². The lowest BCUT2D eigenvalue weighted by atomic mass is 9.97. The number of piperidine rings is 1. The molecule has 1 fully saturated rings. The molecule has 1 aliphatic heterocycles. The Hall–Kier alpha value is -0.820. The van der Waals surface area contributed by atoms with Crippen LogP contribution >= 0.6 is 24.0 Å². The molecule has 1 atom stereocenters. The first-order valence-electron chi connectivity index (χ1n) is 9.55. The third-order valence-electron chi connectivity index (χ3n) is 4.75. The maximum Gasteiger partial charge on any atom is 0.191 e. The van der Waals surface area contributed by atoms with E-state index in [1.54, 1.807) is 0 Å². The van der Waals surface area contributed by atoms with Crippen molar-refractivity contribution in [2.45, 2.75) is 46.1 Å². The Kier molecular flexibility index (Phi) is 11.1. The fourth-order valence-electron chi connectivity index (χ4n) is 3.28. The van der Waals surface area contributed by atoms with Crippen molar-refractivity contribution in [3.8, 4) is 0 Å². The van der Waals surface area contributed by atoms with Gasteiger partial charge in [-0.1, -0.05) is 37.3 Å². The van der Waals surface area contributed by atoms with E-state index in [2.05, 4.69) is 66.6 Å². The number of benzene rings is 1. The Balaban J connectivity index is 0.00000312. The van der Waals surface area contributed by atoms with Crippen LogP contribution in [0.4, 0.5) is 0 Å². The summed E-state index contributed by atoms with van der Waals surface area (Å²) in [6, 6.07) is 10.8. The first-order chi connectivity index (χ1) is 11.7. The van der Waals surface area contributed by atoms with Crippen molar-refractivity contribution < 1.29 is 0 Å². The second-order valence-electron chi connectivity index (χ2n) is 6.78. The molecule has 5 heteroatoms. The fourth-order valence-corrected chi connectivity index (χ4v) is 3.28. The molecule has 0 radical (unpaired) electrons. The van der Waals surface area contributed by atoms with Crippen LogP contribution in [0.2, 0.25) is 0 Å². The fraction of sp³-hybridized carbons (Fsp3) is 0.650. The highest BCUT2D eigenvalue weighted by molar-refractivity contribution is 14.0. The number of guanidine groups is 1. The highest BCUT2D eigenvalue weighted by Gasteiger charge is 2.18. The van der Waals surface area contributed by atoms with Gasteiger partial charge in [-0.2, -0.15) is 0 Å². The minimum atomic E-state index is 0. The molecule has 1 unspecified atom stereocenters. The standard InChI is InChI=1S/C20H34N4.HI/c1-4-13-24-14-11-18(12-15-24)16-22-20(21-5-2)23-17(3)19-9-7-6-8-10-19;/h6-10,17-18H,4-5,11-16H2,1-3H3,(H2,21,22,23);1H. The summed E-state index contributed by atoms with van der Waals surface area (Å²) in [6.45, 7) is 12.1. The molecule has 4 nitrogen and oxygen atoms in total. The molecule has 1 saturated heterocycles. The van der Waals surface area contributed by atoms with E-state index in [1.807, 2.05) is 0 Å². The normalized spacial score (nSPS) is 17.6. The van der Waals surface area contributed by atoms with Crippen LogP contribution in [-0.2, 0) is 0 Å². The average molecular weight is 458 g/mol. The minimum absolute atomic E-state index is 0. The summed E-state index contributed by atoms with van der Waals surface area (Å²) in [6.07, 6.45) is 3.81. The van der Waals surface area contributed by atoms with Gasteiger partial charge in [-0.05, 0) is 64.2 Å². The van der Waals surface area contributed by atoms with Crippen LogP contribution in [0.1, 0.15) is 51.6 Å². The van der Waals surface area contributed by atoms with Crippen LogP contribution in [0.25, 0.3) is 0 Å². The maximum atomic E-state index is 4.85. The largest absolute Gasteiger partial charge is 0.357 e. The SMILES string of the molecule is CCCN1CCC(CN=C(NCC)NC(C)c2ccccc2)CC1.I. The second kappa shape index (κ2) is 12.5. The van der Waals surface area contributed by atoms with E-state index in [4.69, 9.17) is 4.99 Å². The summed E-state index contributed by atoms with van der Waals surface area (Å²) in [5, 5.41) is 6.91. The molecule has 2 N–H and O–H groups in total. The summed E-state index contributed by atoms with van der Waals surface area (Å²) in [4.78, 5) is 7.43. The Morgan fingerprint density at radius 3 is 2.48 bits per heavy atom. The topological polar surface area (TPSA) is 39.7 Å². The Bertz CT molecular complexity index is 484. The summed E-state index contributed by atoms with van der Waals surface area (Å²) >= 11 is 0. The Morgan fingerprint density at radius 2 is 1.88 bits per heavy atom. The first-order valence-corrected chi connectivity index (χ1v) is 9.55. The number of rotatable bonds is 7. The third kappa shape index (κ3) is 7.94. The Morgan fingerprint density at radius 1 is 1.20 bits per heavy atom. The van der Waals surface area contributed by atoms with Crippen LogP contribution in [0.15, 0.2) is 35.3 Å². The number of nitrogens with zero attached hydrogens (tertiary/aromatic N) is 2. The number of likely N-dealkylation sites (tertiary alicyclic amines) is 1. The van der Waals surface area contributed by atoms with Gasteiger partial charge in [-0.15, -0.1) is 24.0 Å². The number of hydrogen-bond acceptors (Lipinski definition) is 2. The molecule has 25 heavy (non-hydrogen) atoms. The van der Waals surface area contributed by atoms with Gasteiger partial charge in [-0.3, -0.25) is 4.99 Å². The molecular formula is C20H35IN4. The zero-order chi connectivity index (χ0) is 17.2. The minimum Gasteiger partial charge on any atom is -0.357 e. The van der Waals surface area contributed by atoms with E-state index in [0.717, 1.165) is 25.0 Å². The van der Waals surface area contributed by atoms with Crippen molar-refractivity contribution in [2.24, 2.45) is 10.9 Å². The van der Waals surface area contributed by atoms with E-state index in [-0.39, 0.29) is 30.0 Å². The summed E-state index contributed by atoms with van der Waals surface area (Å²) < 4.78 is 0. The van der Waals surface area contributed by atoms with Gasteiger partial charge in [-0.25, -0.2) is 0 Å². The van der Waals surface area contributed by atoms with Crippen molar-refractivity contribution in [1.29, 1.82) is 0 Å². The van der Waals surface area contributed by atoms with Crippen molar-refractivity contribution in [2.75, 3.05) is 32.7 Å². The monoisotopic (exact) mass is 458 g/mol. The molecular weight excluding hydrogens is 423 g/mol. The predicted octanol–water partition coefficient (Wildman–Crippen LogP) is 4.04. The molecule has 1 heterocycles. The van der Waals surface area contributed by atoms with Crippen molar-refractivity contribution in [3.63, 3.8) is 0 Å². The predicted molar refractivity (Wildman–Crippen MR) is 119 cm³/mol. The molecule has 2 rings (SSSR count). The molecule has 1 aromatic carbocycles. The van der Waals surface area contributed by atoms with Crippen molar-refractivity contribution in [1.82, 2.24) is 15.5 Å². The van der Waals surface area contributed by atoms with Crippen molar-refractivity contribution in [3.05, 3.63) is 35.9 Å². The Labute approximate surface area is 170 Å². The second-order valence-corrected chi connectivity index (χ2v) is 6.78. The van der Waals surface area contributed by atoms with Gasteiger partial charge >= 0.3 is 0 Å². The zero-order valence-corrected chi connectivity index (χ0v) is 18.3. The van der Waals surface area contributed by atoms with E-state index < -0.39 is 0 Å². The van der Waals surface area contributed by atoms with E-state index in [1.165, 1.54) is 44.5 Å².